The van der Waals surface area contributed by atoms with Crippen molar-refractivity contribution in [2.45, 2.75) is 13.8 Å². The average Bonchev–Trinajstić information content (AvgIpc) is 2.71. The van der Waals surface area contributed by atoms with Crippen molar-refractivity contribution >= 4 is 5.91 Å². The molecule has 0 spiro atoms. The van der Waals surface area contributed by atoms with E-state index in [0.29, 0.717) is 12.1 Å². The first-order valence-corrected chi connectivity index (χ1v) is 5.66. The van der Waals surface area contributed by atoms with E-state index in [2.05, 4.69) is 29.2 Å². The largest absolute Gasteiger partial charge is 0.351 e. The van der Waals surface area contributed by atoms with Crippen molar-refractivity contribution < 1.29 is 4.79 Å². The molecular weight excluding hydrogens is 204 g/mol. The molecule has 1 N–H and O–H groups in total. The lowest BCUT2D eigenvalue weighted by Gasteiger charge is -2.17. The highest BCUT2D eigenvalue weighted by Crippen LogP contribution is 1.95. The minimum Gasteiger partial charge on any atom is -0.351 e. The van der Waals surface area contributed by atoms with Gasteiger partial charge in [-0.1, -0.05) is 13.8 Å². The van der Waals surface area contributed by atoms with Crippen LogP contribution in [0.5, 0.6) is 0 Å². The van der Waals surface area contributed by atoms with Gasteiger partial charge in [0.05, 0.1) is 11.8 Å². The van der Waals surface area contributed by atoms with Crippen LogP contribution >= 0.6 is 0 Å². The van der Waals surface area contributed by atoms with Crippen LogP contribution in [0.2, 0.25) is 0 Å². The van der Waals surface area contributed by atoms with E-state index in [1.807, 2.05) is 0 Å². The molecule has 1 rings (SSSR count). The first kappa shape index (κ1) is 12.7. The third kappa shape index (κ3) is 3.66. The summed E-state index contributed by atoms with van der Waals surface area (Å²) in [5.41, 5.74) is 0.613. The molecule has 0 saturated carbocycles. The van der Waals surface area contributed by atoms with Crippen molar-refractivity contribution in [1.29, 1.82) is 0 Å². The molecule has 0 radical (unpaired) electrons. The number of aryl methyl sites for hydroxylation is 1. The van der Waals surface area contributed by atoms with Crippen LogP contribution in [0.1, 0.15) is 24.2 Å². The van der Waals surface area contributed by atoms with Crippen molar-refractivity contribution in [1.82, 2.24) is 20.0 Å². The Balaban J connectivity index is 2.30. The molecule has 0 unspecified atom stereocenters. The normalized spacial score (nSPS) is 10.8. The molecular formula is C11H20N4O. The Morgan fingerprint density at radius 3 is 2.69 bits per heavy atom. The van der Waals surface area contributed by atoms with Gasteiger partial charge in [0.25, 0.3) is 5.91 Å². The zero-order valence-electron chi connectivity index (χ0n) is 10.2. The Bertz CT molecular complexity index is 330. The van der Waals surface area contributed by atoms with Gasteiger partial charge < -0.3 is 10.2 Å². The van der Waals surface area contributed by atoms with Crippen LogP contribution in [0.15, 0.2) is 12.4 Å². The number of aromatic nitrogens is 2. The van der Waals surface area contributed by atoms with Crippen LogP contribution in [-0.4, -0.2) is 46.8 Å². The number of hydrogen-bond donors (Lipinski definition) is 1. The van der Waals surface area contributed by atoms with E-state index in [9.17, 15) is 4.79 Å². The number of amides is 1. The summed E-state index contributed by atoms with van der Waals surface area (Å²) in [5.74, 6) is -0.0553. The maximum atomic E-state index is 11.6. The van der Waals surface area contributed by atoms with E-state index in [4.69, 9.17) is 0 Å². The van der Waals surface area contributed by atoms with Crippen LogP contribution in [0.3, 0.4) is 0 Å². The minimum atomic E-state index is -0.0553. The molecule has 1 amide bonds. The Hall–Kier alpha value is -1.36. The quantitative estimate of drug-likeness (QED) is 0.765. The summed E-state index contributed by atoms with van der Waals surface area (Å²) < 4.78 is 1.62. The number of rotatable bonds is 6. The predicted octanol–water partition coefficient (Wildman–Crippen LogP) is 0.492. The maximum absolute atomic E-state index is 11.6. The van der Waals surface area contributed by atoms with Crippen molar-refractivity contribution in [3.05, 3.63) is 18.0 Å². The van der Waals surface area contributed by atoms with E-state index >= 15 is 0 Å². The number of carbonyl (C=O) groups excluding carboxylic acids is 1. The smallest absolute Gasteiger partial charge is 0.254 e. The predicted molar refractivity (Wildman–Crippen MR) is 63.3 cm³/mol. The summed E-state index contributed by atoms with van der Waals surface area (Å²) in [4.78, 5) is 13.9. The Morgan fingerprint density at radius 2 is 2.19 bits per heavy atom. The molecule has 0 aromatic carbocycles. The number of likely N-dealkylation sites (N-methyl/N-ethyl adjacent to an activating group) is 1. The number of carbonyl (C=O) groups is 1. The fourth-order valence-electron chi connectivity index (χ4n) is 1.51. The fraction of sp³-hybridized carbons (Fsp3) is 0.636. The second-order valence-electron chi connectivity index (χ2n) is 3.69. The second kappa shape index (κ2) is 6.27. The molecule has 0 aliphatic carbocycles. The van der Waals surface area contributed by atoms with E-state index in [-0.39, 0.29) is 5.91 Å². The van der Waals surface area contributed by atoms with Crippen molar-refractivity contribution in [2.24, 2.45) is 7.05 Å². The fourth-order valence-corrected chi connectivity index (χ4v) is 1.51. The van der Waals surface area contributed by atoms with Gasteiger partial charge in [-0.05, 0) is 13.1 Å². The van der Waals surface area contributed by atoms with Crippen molar-refractivity contribution in [2.75, 3.05) is 26.2 Å². The van der Waals surface area contributed by atoms with E-state index in [1.165, 1.54) is 0 Å². The molecule has 1 heterocycles. The molecule has 1 aromatic rings. The monoisotopic (exact) mass is 224 g/mol. The van der Waals surface area contributed by atoms with Crippen LogP contribution in [-0.2, 0) is 7.05 Å². The lowest BCUT2D eigenvalue weighted by atomic mass is 10.3. The highest BCUT2D eigenvalue weighted by Gasteiger charge is 2.07. The summed E-state index contributed by atoms with van der Waals surface area (Å²) >= 11 is 0. The highest BCUT2D eigenvalue weighted by atomic mass is 16.1. The molecule has 1 aromatic heterocycles. The van der Waals surface area contributed by atoms with Crippen LogP contribution < -0.4 is 5.32 Å². The van der Waals surface area contributed by atoms with Gasteiger partial charge in [-0.25, -0.2) is 0 Å². The molecule has 16 heavy (non-hydrogen) atoms. The molecule has 0 saturated heterocycles. The third-order valence-corrected chi connectivity index (χ3v) is 2.58. The lowest BCUT2D eigenvalue weighted by Crippen LogP contribution is -2.34. The molecule has 0 aliphatic rings. The van der Waals surface area contributed by atoms with Crippen LogP contribution in [0, 0.1) is 0 Å². The number of hydrogen-bond acceptors (Lipinski definition) is 3. The van der Waals surface area contributed by atoms with Gasteiger partial charge in [0, 0.05) is 26.3 Å². The molecule has 90 valence electrons. The first-order chi connectivity index (χ1) is 7.67. The van der Waals surface area contributed by atoms with Gasteiger partial charge in [0.15, 0.2) is 0 Å². The van der Waals surface area contributed by atoms with E-state index in [1.54, 1.807) is 24.1 Å². The summed E-state index contributed by atoms with van der Waals surface area (Å²) in [6.07, 6.45) is 3.29. The highest BCUT2D eigenvalue weighted by molar-refractivity contribution is 5.93. The Morgan fingerprint density at radius 1 is 1.50 bits per heavy atom. The van der Waals surface area contributed by atoms with Gasteiger partial charge in [0.2, 0.25) is 0 Å². The zero-order valence-corrected chi connectivity index (χ0v) is 10.2. The summed E-state index contributed by atoms with van der Waals surface area (Å²) in [7, 11) is 1.80. The summed E-state index contributed by atoms with van der Waals surface area (Å²) in [6, 6.07) is 0. The minimum absolute atomic E-state index is 0.0553. The number of nitrogens with zero attached hydrogens (tertiary/aromatic N) is 3. The Kier molecular flexibility index (Phi) is 4.98. The molecule has 5 heteroatoms. The summed E-state index contributed by atoms with van der Waals surface area (Å²) in [5, 5.41) is 6.84. The van der Waals surface area contributed by atoms with Crippen LogP contribution in [0.25, 0.3) is 0 Å². The van der Waals surface area contributed by atoms with E-state index < -0.39 is 0 Å². The molecule has 0 aliphatic heterocycles. The zero-order chi connectivity index (χ0) is 12.0. The van der Waals surface area contributed by atoms with Crippen LogP contribution in [0.4, 0.5) is 0 Å². The number of nitrogens with one attached hydrogen (secondary N) is 1. The van der Waals surface area contributed by atoms with Crippen molar-refractivity contribution in [3.8, 4) is 0 Å². The standard InChI is InChI=1S/C11H20N4O/c1-4-15(5-2)7-6-12-11(16)10-8-13-14(3)9-10/h8-9H,4-7H2,1-3H3,(H,12,16). The Labute approximate surface area is 96.4 Å². The molecule has 5 nitrogen and oxygen atoms in total. The summed E-state index contributed by atoms with van der Waals surface area (Å²) in [6.45, 7) is 7.83. The average molecular weight is 224 g/mol. The van der Waals surface area contributed by atoms with E-state index in [0.717, 1.165) is 19.6 Å². The maximum Gasteiger partial charge on any atom is 0.254 e. The first-order valence-electron chi connectivity index (χ1n) is 5.66. The molecule has 0 atom stereocenters. The van der Waals surface area contributed by atoms with Gasteiger partial charge in [-0.2, -0.15) is 5.10 Å². The van der Waals surface area contributed by atoms with Gasteiger partial charge in [0.1, 0.15) is 0 Å². The lowest BCUT2D eigenvalue weighted by molar-refractivity contribution is 0.0949. The SMILES string of the molecule is CCN(CC)CCNC(=O)c1cnn(C)c1. The van der Waals surface area contributed by atoms with Gasteiger partial charge in [-0.3, -0.25) is 9.48 Å². The third-order valence-electron chi connectivity index (χ3n) is 2.58. The molecule has 0 fully saturated rings. The topological polar surface area (TPSA) is 50.2 Å². The van der Waals surface area contributed by atoms with Crippen molar-refractivity contribution in [3.63, 3.8) is 0 Å². The van der Waals surface area contributed by atoms with Gasteiger partial charge in [-0.15, -0.1) is 0 Å². The molecule has 0 bridgehead atoms. The second-order valence-corrected chi connectivity index (χ2v) is 3.69. The van der Waals surface area contributed by atoms with Gasteiger partial charge >= 0.3 is 0 Å².